The molecule has 0 aliphatic heterocycles. The Hall–Kier alpha value is 0.120. The third-order valence-corrected chi connectivity index (χ3v) is 4.18. The van der Waals surface area contributed by atoms with Gasteiger partial charge in [0.1, 0.15) is 0 Å². The van der Waals surface area contributed by atoms with Crippen LogP contribution in [0.4, 0.5) is 4.39 Å². The quantitative estimate of drug-likeness (QED) is 0.608. The van der Waals surface area contributed by atoms with Gasteiger partial charge in [0, 0.05) is 10.7 Å². The van der Waals surface area contributed by atoms with Crippen LogP contribution in [0.5, 0.6) is 0 Å². The summed E-state index contributed by atoms with van der Waals surface area (Å²) < 4.78 is 51.8. The molecule has 0 radical (unpaired) electrons. The number of alkyl halides is 1. The molecule has 0 fully saturated rings. The third kappa shape index (κ3) is 4.95. The predicted molar refractivity (Wildman–Crippen MR) is 34.5 cm³/mol. The van der Waals surface area contributed by atoms with Crippen molar-refractivity contribution < 1.29 is 21.2 Å². The van der Waals surface area contributed by atoms with E-state index in [0.29, 0.717) is 0 Å². The number of sulfone groups is 1. The van der Waals surface area contributed by atoms with Crippen molar-refractivity contribution in [1.29, 1.82) is 0 Å². The van der Waals surface area contributed by atoms with E-state index in [1.165, 1.54) is 0 Å². The molecule has 0 saturated heterocycles. The van der Waals surface area contributed by atoms with Gasteiger partial charge in [-0.3, -0.25) is 0 Å². The molecular formula is C2H4ClFO4S2. The maximum atomic E-state index is 11.4. The first kappa shape index (κ1) is 10.1. The van der Waals surface area contributed by atoms with Gasteiger partial charge >= 0.3 is 0 Å². The van der Waals surface area contributed by atoms with E-state index in [0.717, 1.165) is 0 Å². The maximum absolute atomic E-state index is 11.4. The zero-order chi connectivity index (χ0) is 8.41. The van der Waals surface area contributed by atoms with E-state index >= 15 is 0 Å². The lowest BCUT2D eigenvalue weighted by Crippen LogP contribution is -2.12. The Kier molecular flexibility index (Phi) is 3.05. The third-order valence-electron chi connectivity index (χ3n) is 0.487. The molecule has 0 bridgehead atoms. The standard InChI is InChI=1S/C2H4ClFO4S2/c3-10(7,8)2-9(5,6)1-4/h1-2H2. The van der Waals surface area contributed by atoms with Gasteiger partial charge in [-0.15, -0.1) is 0 Å². The lowest BCUT2D eigenvalue weighted by Gasteiger charge is -1.92. The van der Waals surface area contributed by atoms with Crippen LogP contribution < -0.4 is 0 Å². The molecule has 62 valence electrons. The van der Waals surface area contributed by atoms with Crippen molar-refractivity contribution in [2.75, 3.05) is 11.1 Å². The van der Waals surface area contributed by atoms with Crippen LogP contribution in [0.1, 0.15) is 0 Å². The summed E-state index contributed by atoms with van der Waals surface area (Å²) in [5.74, 6) is 0. The van der Waals surface area contributed by atoms with Crippen molar-refractivity contribution in [3.8, 4) is 0 Å². The minimum absolute atomic E-state index is 1.35. The maximum Gasteiger partial charge on any atom is 0.247 e. The topological polar surface area (TPSA) is 68.3 Å². The van der Waals surface area contributed by atoms with Gasteiger partial charge < -0.3 is 0 Å². The Bertz CT molecular complexity index is 289. The van der Waals surface area contributed by atoms with Crippen LogP contribution in [-0.4, -0.2) is 27.9 Å². The molecule has 8 heteroatoms. The molecule has 0 saturated carbocycles. The minimum Gasteiger partial charge on any atom is -0.234 e. The monoisotopic (exact) mass is 210 g/mol. The van der Waals surface area contributed by atoms with Gasteiger partial charge in [-0.25, -0.2) is 21.2 Å². The molecule has 0 heterocycles. The van der Waals surface area contributed by atoms with Crippen LogP contribution >= 0.6 is 10.7 Å². The Labute approximate surface area is 62.3 Å². The molecule has 0 rings (SSSR count). The van der Waals surface area contributed by atoms with E-state index < -0.39 is 30.0 Å². The van der Waals surface area contributed by atoms with Gasteiger partial charge in [0.05, 0.1) is 0 Å². The molecule has 10 heavy (non-hydrogen) atoms. The number of rotatable bonds is 3. The van der Waals surface area contributed by atoms with E-state index in [1.807, 2.05) is 0 Å². The average molecular weight is 211 g/mol. The first-order chi connectivity index (χ1) is 4.27. The lowest BCUT2D eigenvalue weighted by atomic mass is 11.8. The highest BCUT2D eigenvalue weighted by atomic mass is 35.7. The van der Waals surface area contributed by atoms with Crippen LogP contribution in [0.2, 0.25) is 0 Å². The van der Waals surface area contributed by atoms with Gasteiger partial charge in [-0.05, 0) is 0 Å². The van der Waals surface area contributed by atoms with E-state index in [4.69, 9.17) is 0 Å². The fourth-order valence-corrected chi connectivity index (χ4v) is 3.44. The smallest absolute Gasteiger partial charge is 0.234 e. The Morgan fingerprint density at radius 3 is 1.70 bits per heavy atom. The van der Waals surface area contributed by atoms with Gasteiger partial charge in [-0.2, -0.15) is 0 Å². The number of hydrogen-bond donors (Lipinski definition) is 0. The molecule has 0 aromatic rings. The van der Waals surface area contributed by atoms with Crippen LogP contribution in [0.3, 0.4) is 0 Å². The SMILES string of the molecule is O=S(=O)(Cl)CS(=O)(=O)CF. The van der Waals surface area contributed by atoms with E-state index in [2.05, 4.69) is 10.7 Å². The van der Waals surface area contributed by atoms with E-state index in [-0.39, 0.29) is 0 Å². The van der Waals surface area contributed by atoms with E-state index in [1.54, 1.807) is 0 Å². The fraction of sp³-hybridized carbons (Fsp3) is 1.00. The highest BCUT2D eigenvalue weighted by Gasteiger charge is 2.19. The van der Waals surface area contributed by atoms with Crippen molar-refractivity contribution >= 4 is 29.6 Å². The van der Waals surface area contributed by atoms with Gasteiger partial charge in [0.25, 0.3) is 0 Å². The largest absolute Gasteiger partial charge is 0.247 e. The average Bonchev–Trinajstić information content (AvgIpc) is 1.60. The highest BCUT2D eigenvalue weighted by Crippen LogP contribution is 2.02. The second kappa shape index (κ2) is 3.02. The van der Waals surface area contributed by atoms with Crippen LogP contribution in [0.15, 0.2) is 0 Å². The van der Waals surface area contributed by atoms with Crippen molar-refractivity contribution in [2.45, 2.75) is 0 Å². The number of halogens is 2. The molecule has 0 spiro atoms. The Morgan fingerprint density at radius 2 is 1.60 bits per heavy atom. The molecular weight excluding hydrogens is 207 g/mol. The summed E-state index contributed by atoms with van der Waals surface area (Å²) in [5.41, 5.74) is 0. The second-order valence-electron chi connectivity index (χ2n) is 1.51. The van der Waals surface area contributed by atoms with Crippen LogP contribution in [0.25, 0.3) is 0 Å². The first-order valence-electron chi connectivity index (χ1n) is 1.95. The zero-order valence-corrected chi connectivity index (χ0v) is 7.01. The molecule has 0 aliphatic carbocycles. The number of hydrogen-bond acceptors (Lipinski definition) is 4. The molecule has 0 unspecified atom stereocenters. The van der Waals surface area contributed by atoms with Gasteiger partial charge in [0.15, 0.2) is 20.9 Å². The summed E-state index contributed by atoms with van der Waals surface area (Å²) in [4.78, 5) is 0. The minimum atomic E-state index is -4.16. The summed E-state index contributed by atoms with van der Waals surface area (Å²) in [5, 5.41) is -1.35. The van der Waals surface area contributed by atoms with Crippen molar-refractivity contribution in [3.63, 3.8) is 0 Å². The van der Waals surface area contributed by atoms with Gasteiger partial charge in [0.2, 0.25) is 9.05 Å². The highest BCUT2D eigenvalue weighted by molar-refractivity contribution is 8.21. The summed E-state index contributed by atoms with van der Waals surface area (Å²) in [6, 6.07) is -1.71. The lowest BCUT2D eigenvalue weighted by molar-refractivity contribution is 0.537. The second-order valence-corrected chi connectivity index (χ2v) is 6.65. The molecule has 0 aromatic heterocycles. The zero-order valence-electron chi connectivity index (χ0n) is 4.62. The Morgan fingerprint density at radius 1 is 1.20 bits per heavy atom. The van der Waals surface area contributed by atoms with E-state index in [9.17, 15) is 21.2 Å². The van der Waals surface area contributed by atoms with Crippen LogP contribution in [0, 0.1) is 0 Å². The summed E-state index contributed by atoms with van der Waals surface area (Å²) in [7, 11) is -3.79. The molecule has 4 nitrogen and oxygen atoms in total. The predicted octanol–water partition coefficient (Wildman–Crippen LogP) is -0.146. The normalized spacial score (nSPS) is 13.4. The molecule has 0 amide bonds. The summed E-state index contributed by atoms with van der Waals surface area (Å²) in [6.45, 7) is 0. The van der Waals surface area contributed by atoms with Gasteiger partial charge in [-0.1, -0.05) is 0 Å². The van der Waals surface area contributed by atoms with Crippen molar-refractivity contribution in [1.82, 2.24) is 0 Å². The summed E-state index contributed by atoms with van der Waals surface area (Å²) in [6.07, 6.45) is 0. The van der Waals surface area contributed by atoms with Crippen molar-refractivity contribution in [3.05, 3.63) is 0 Å². The fourth-order valence-electron chi connectivity index (χ4n) is 0.246. The van der Waals surface area contributed by atoms with Crippen molar-refractivity contribution in [2.24, 2.45) is 0 Å². The molecule has 0 aromatic carbocycles. The first-order valence-corrected chi connectivity index (χ1v) is 6.25. The Balaban J connectivity index is 4.49. The molecule has 0 aliphatic rings. The van der Waals surface area contributed by atoms with Crippen LogP contribution in [-0.2, 0) is 18.9 Å². The molecule has 0 atom stereocenters. The summed E-state index contributed by atoms with van der Waals surface area (Å²) >= 11 is 0. The molecule has 0 N–H and O–H groups in total.